The molecular weight excluding hydrogens is 423 g/mol. The number of ether oxygens (including phenoxy) is 1. The maximum Gasteiger partial charge on any atom is 0.224 e. The number of aromatic nitrogens is 4. The molecule has 3 heterocycles. The lowest BCUT2D eigenvalue weighted by Crippen LogP contribution is -2.33. The van der Waals surface area contributed by atoms with Crippen molar-refractivity contribution in [2.24, 2.45) is 5.73 Å². The lowest BCUT2D eigenvalue weighted by Gasteiger charge is -2.26. The molecular formula is C21H24F3N7O. The normalized spacial score (nSPS) is 23.6. The summed E-state index contributed by atoms with van der Waals surface area (Å²) in [5.74, 6) is -2.44. The predicted octanol–water partition coefficient (Wildman–Crippen LogP) is 3.63. The zero-order valence-electron chi connectivity index (χ0n) is 17.3. The second kappa shape index (κ2) is 8.55. The Bertz CT molecular complexity index is 1100. The molecule has 2 fully saturated rings. The van der Waals surface area contributed by atoms with Gasteiger partial charge in [0.1, 0.15) is 17.0 Å². The van der Waals surface area contributed by atoms with Crippen LogP contribution in [0.1, 0.15) is 38.1 Å². The van der Waals surface area contributed by atoms with Crippen LogP contribution in [-0.2, 0) is 4.74 Å². The topological polar surface area (TPSA) is 103 Å². The van der Waals surface area contributed by atoms with Gasteiger partial charge in [0.2, 0.25) is 11.9 Å². The van der Waals surface area contributed by atoms with Crippen LogP contribution in [0, 0.1) is 17.5 Å². The van der Waals surface area contributed by atoms with E-state index in [9.17, 15) is 13.2 Å². The van der Waals surface area contributed by atoms with E-state index in [2.05, 4.69) is 25.6 Å². The van der Waals surface area contributed by atoms with Crippen LogP contribution in [0.5, 0.6) is 0 Å². The Morgan fingerprint density at radius 2 is 1.78 bits per heavy atom. The minimum atomic E-state index is -1.05. The molecule has 1 atom stereocenters. The number of rotatable bonds is 5. The second-order valence-corrected chi connectivity index (χ2v) is 8.35. The number of halogens is 3. The molecule has 4 N–H and O–H groups in total. The van der Waals surface area contributed by atoms with Crippen molar-refractivity contribution in [2.45, 2.75) is 50.2 Å². The maximum absolute atomic E-state index is 14.3. The van der Waals surface area contributed by atoms with Crippen molar-refractivity contribution in [1.82, 2.24) is 19.5 Å². The summed E-state index contributed by atoms with van der Waals surface area (Å²) in [6, 6.07) is 1.59. The molecule has 0 bridgehead atoms. The summed E-state index contributed by atoms with van der Waals surface area (Å²) < 4.78 is 49.1. The average molecular weight is 447 g/mol. The summed E-state index contributed by atoms with van der Waals surface area (Å²) >= 11 is 0. The third-order valence-electron chi connectivity index (χ3n) is 6.05. The van der Waals surface area contributed by atoms with Crippen molar-refractivity contribution in [1.29, 1.82) is 0 Å². The number of nitrogens with zero attached hydrogens (tertiary/aromatic N) is 4. The number of hydrogen-bond acceptors (Lipinski definition) is 7. The number of imidazole rings is 1. The first-order valence-electron chi connectivity index (χ1n) is 10.7. The highest BCUT2D eigenvalue weighted by Crippen LogP contribution is 2.32. The molecule has 170 valence electrons. The Labute approximate surface area is 182 Å². The highest BCUT2D eigenvalue weighted by molar-refractivity contribution is 5.76. The first-order chi connectivity index (χ1) is 15.5. The van der Waals surface area contributed by atoms with Gasteiger partial charge in [0.25, 0.3) is 0 Å². The van der Waals surface area contributed by atoms with Crippen LogP contribution in [0.2, 0.25) is 0 Å². The van der Waals surface area contributed by atoms with Gasteiger partial charge in [-0.3, -0.25) is 4.57 Å². The number of nitrogens with two attached hydrogens (primary N) is 1. The fraction of sp³-hybridized carbons (Fsp3) is 0.476. The molecule has 0 amide bonds. The maximum atomic E-state index is 14.3. The van der Waals surface area contributed by atoms with Gasteiger partial charge in [-0.1, -0.05) is 0 Å². The first kappa shape index (κ1) is 21.0. The van der Waals surface area contributed by atoms with Gasteiger partial charge >= 0.3 is 0 Å². The van der Waals surface area contributed by atoms with E-state index in [0.29, 0.717) is 48.9 Å². The summed E-state index contributed by atoms with van der Waals surface area (Å²) in [6.07, 6.45) is 6.04. The van der Waals surface area contributed by atoms with E-state index >= 15 is 0 Å². The Balaban J connectivity index is 1.51. The van der Waals surface area contributed by atoms with E-state index < -0.39 is 23.1 Å². The molecule has 1 unspecified atom stereocenters. The van der Waals surface area contributed by atoms with E-state index in [-0.39, 0.29) is 24.1 Å². The molecule has 11 heteroatoms. The van der Waals surface area contributed by atoms with E-state index in [1.165, 1.54) is 0 Å². The van der Waals surface area contributed by atoms with Crippen molar-refractivity contribution in [2.75, 3.05) is 23.8 Å². The van der Waals surface area contributed by atoms with Gasteiger partial charge in [-0.25, -0.2) is 23.1 Å². The smallest absolute Gasteiger partial charge is 0.224 e. The van der Waals surface area contributed by atoms with Gasteiger partial charge in [-0.05, 0) is 32.1 Å². The highest BCUT2D eigenvalue weighted by atomic mass is 19.1. The van der Waals surface area contributed by atoms with Crippen LogP contribution < -0.4 is 16.4 Å². The Hall–Kier alpha value is -2.92. The predicted molar refractivity (Wildman–Crippen MR) is 113 cm³/mol. The summed E-state index contributed by atoms with van der Waals surface area (Å²) in [7, 11) is 0. The zero-order valence-corrected chi connectivity index (χ0v) is 17.3. The van der Waals surface area contributed by atoms with E-state index in [1.807, 2.05) is 0 Å². The monoisotopic (exact) mass is 447 g/mol. The summed E-state index contributed by atoms with van der Waals surface area (Å²) in [5.41, 5.74) is 6.50. The van der Waals surface area contributed by atoms with E-state index in [0.717, 1.165) is 25.7 Å². The quantitative estimate of drug-likeness (QED) is 0.549. The third-order valence-corrected chi connectivity index (χ3v) is 6.05. The van der Waals surface area contributed by atoms with Crippen molar-refractivity contribution in [3.05, 3.63) is 35.8 Å². The molecule has 1 saturated heterocycles. The van der Waals surface area contributed by atoms with Crippen molar-refractivity contribution >= 4 is 28.7 Å². The van der Waals surface area contributed by atoms with Crippen LogP contribution in [-0.4, -0.2) is 44.8 Å². The second-order valence-electron chi connectivity index (χ2n) is 8.35. The molecule has 2 aromatic heterocycles. The molecule has 1 aromatic carbocycles. The van der Waals surface area contributed by atoms with Crippen LogP contribution in [0.15, 0.2) is 18.3 Å². The Kier molecular flexibility index (Phi) is 5.60. The van der Waals surface area contributed by atoms with Crippen LogP contribution in [0.25, 0.3) is 11.2 Å². The van der Waals surface area contributed by atoms with Gasteiger partial charge in [0.15, 0.2) is 17.3 Å². The molecule has 2 aliphatic rings. The molecule has 3 aromatic rings. The molecule has 0 radical (unpaired) electrons. The SMILES string of the molecule is NC1CCC(Nc2ncc3nc(Nc4c(F)cc(F)cc4F)n(C4CCOC4)c3n2)CC1. The first-order valence-corrected chi connectivity index (χ1v) is 10.7. The molecule has 1 aliphatic heterocycles. The summed E-state index contributed by atoms with van der Waals surface area (Å²) in [4.78, 5) is 13.5. The van der Waals surface area contributed by atoms with E-state index in [4.69, 9.17) is 10.5 Å². The number of hydrogen-bond donors (Lipinski definition) is 3. The summed E-state index contributed by atoms with van der Waals surface area (Å²) in [5, 5.41) is 6.05. The number of anilines is 3. The molecule has 0 spiro atoms. The Morgan fingerprint density at radius 1 is 1.03 bits per heavy atom. The highest BCUT2D eigenvalue weighted by Gasteiger charge is 2.27. The fourth-order valence-corrected chi connectivity index (χ4v) is 4.34. The molecule has 5 rings (SSSR count). The standard InChI is InChI=1S/C21H24F3N7O/c22-11-7-15(23)18(16(24)8-11)29-21-28-17-9-26-20(27-13-3-1-12(25)2-4-13)30-19(17)31(21)14-5-6-32-10-14/h7-9,12-14H,1-6,10,25H2,(H,28,29)(H,26,27,30). The van der Waals surface area contributed by atoms with Gasteiger partial charge < -0.3 is 21.1 Å². The number of nitrogens with one attached hydrogen (secondary N) is 2. The third kappa shape index (κ3) is 4.09. The zero-order chi connectivity index (χ0) is 22.2. The van der Waals surface area contributed by atoms with Gasteiger partial charge in [-0.15, -0.1) is 0 Å². The van der Waals surface area contributed by atoms with Crippen LogP contribution in [0.3, 0.4) is 0 Å². The largest absolute Gasteiger partial charge is 0.379 e. The number of fused-ring (bicyclic) bond motifs is 1. The van der Waals surface area contributed by atoms with Gasteiger partial charge in [0, 0.05) is 30.8 Å². The van der Waals surface area contributed by atoms with Crippen molar-refractivity contribution < 1.29 is 17.9 Å². The lowest BCUT2D eigenvalue weighted by atomic mass is 9.92. The van der Waals surface area contributed by atoms with Crippen molar-refractivity contribution in [3.63, 3.8) is 0 Å². The average Bonchev–Trinajstić information content (AvgIpc) is 3.39. The minimum absolute atomic E-state index is 0.121. The molecule has 1 saturated carbocycles. The Morgan fingerprint density at radius 3 is 2.47 bits per heavy atom. The van der Waals surface area contributed by atoms with Gasteiger partial charge in [0.05, 0.1) is 18.8 Å². The minimum Gasteiger partial charge on any atom is -0.379 e. The van der Waals surface area contributed by atoms with Gasteiger partial charge in [-0.2, -0.15) is 4.98 Å². The van der Waals surface area contributed by atoms with Crippen LogP contribution in [0.4, 0.5) is 30.8 Å². The molecule has 1 aliphatic carbocycles. The number of benzene rings is 1. The molecule has 32 heavy (non-hydrogen) atoms. The molecule has 8 nitrogen and oxygen atoms in total. The van der Waals surface area contributed by atoms with Crippen LogP contribution >= 0.6 is 0 Å². The summed E-state index contributed by atoms with van der Waals surface area (Å²) in [6.45, 7) is 0.976. The van der Waals surface area contributed by atoms with Crippen molar-refractivity contribution in [3.8, 4) is 0 Å². The van der Waals surface area contributed by atoms with E-state index in [1.54, 1.807) is 10.8 Å². The fourth-order valence-electron chi connectivity index (χ4n) is 4.34. The lowest BCUT2D eigenvalue weighted by molar-refractivity contribution is 0.187.